The lowest BCUT2D eigenvalue weighted by Gasteiger charge is -2.07. The molecular formula is C17H13F4N. The van der Waals surface area contributed by atoms with Crippen molar-refractivity contribution in [2.45, 2.75) is 25.1 Å². The second kappa shape index (κ2) is 5.55. The van der Waals surface area contributed by atoms with Gasteiger partial charge in [-0.2, -0.15) is 13.2 Å². The van der Waals surface area contributed by atoms with Crippen molar-refractivity contribution in [3.05, 3.63) is 71.0 Å². The predicted molar refractivity (Wildman–Crippen MR) is 76.4 cm³/mol. The van der Waals surface area contributed by atoms with Crippen molar-refractivity contribution in [3.63, 3.8) is 0 Å². The summed E-state index contributed by atoms with van der Waals surface area (Å²) >= 11 is 0. The SMILES string of the molecule is Fc1ccc(C2CCC(c3ccc(C(F)(F)F)cc3)=N2)cc1. The van der Waals surface area contributed by atoms with Crippen LogP contribution < -0.4 is 0 Å². The zero-order valence-corrected chi connectivity index (χ0v) is 11.6. The predicted octanol–water partition coefficient (Wildman–Crippen LogP) is 5.17. The van der Waals surface area contributed by atoms with Gasteiger partial charge in [0.1, 0.15) is 5.82 Å². The van der Waals surface area contributed by atoms with Crippen molar-refractivity contribution in [1.82, 2.24) is 0 Å². The van der Waals surface area contributed by atoms with Crippen LogP contribution in [0.25, 0.3) is 0 Å². The number of rotatable bonds is 2. The molecule has 0 spiro atoms. The first-order chi connectivity index (χ1) is 10.4. The second-order valence-electron chi connectivity index (χ2n) is 5.26. The lowest BCUT2D eigenvalue weighted by atomic mass is 10.0. The Hall–Kier alpha value is -2.17. The monoisotopic (exact) mass is 307 g/mol. The molecule has 0 aliphatic carbocycles. The lowest BCUT2D eigenvalue weighted by Crippen LogP contribution is -2.05. The molecule has 1 nitrogen and oxygen atoms in total. The van der Waals surface area contributed by atoms with Crippen molar-refractivity contribution in [1.29, 1.82) is 0 Å². The molecule has 0 radical (unpaired) electrons. The van der Waals surface area contributed by atoms with E-state index < -0.39 is 11.7 Å². The Bertz CT molecular complexity index is 684. The van der Waals surface area contributed by atoms with Gasteiger partial charge in [0.25, 0.3) is 0 Å². The number of hydrogen-bond donors (Lipinski definition) is 0. The van der Waals surface area contributed by atoms with Gasteiger partial charge in [0.2, 0.25) is 0 Å². The van der Waals surface area contributed by atoms with E-state index in [2.05, 4.69) is 4.99 Å². The van der Waals surface area contributed by atoms with E-state index in [1.807, 2.05) is 0 Å². The van der Waals surface area contributed by atoms with Crippen LogP contribution in [0.2, 0.25) is 0 Å². The maximum atomic E-state index is 12.9. The highest BCUT2D eigenvalue weighted by Crippen LogP contribution is 2.33. The van der Waals surface area contributed by atoms with E-state index >= 15 is 0 Å². The summed E-state index contributed by atoms with van der Waals surface area (Å²) in [6.45, 7) is 0. The number of benzene rings is 2. The minimum Gasteiger partial charge on any atom is -0.281 e. The van der Waals surface area contributed by atoms with Gasteiger partial charge >= 0.3 is 6.18 Å². The van der Waals surface area contributed by atoms with Gasteiger partial charge in [-0.1, -0.05) is 24.3 Å². The number of hydrogen-bond acceptors (Lipinski definition) is 1. The average molecular weight is 307 g/mol. The number of halogens is 4. The Morgan fingerprint density at radius 3 is 2.14 bits per heavy atom. The Labute approximate surface area is 125 Å². The van der Waals surface area contributed by atoms with Crippen molar-refractivity contribution in [2.24, 2.45) is 4.99 Å². The van der Waals surface area contributed by atoms with Crippen molar-refractivity contribution in [3.8, 4) is 0 Å². The molecule has 1 aliphatic heterocycles. The Balaban J connectivity index is 1.81. The molecule has 1 aliphatic rings. The number of alkyl halides is 3. The van der Waals surface area contributed by atoms with Crippen LogP contribution in [0.1, 0.15) is 35.6 Å². The van der Waals surface area contributed by atoms with Crippen molar-refractivity contribution >= 4 is 5.71 Å². The Kier molecular flexibility index (Phi) is 3.72. The highest BCUT2D eigenvalue weighted by Gasteiger charge is 2.30. The van der Waals surface area contributed by atoms with Crippen molar-refractivity contribution < 1.29 is 17.6 Å². The van der Waals surface area contributed by atoms with E-state index in [0.29, 0.717) is 12.0 Å². The zero-order chi connectivity index (χ0) is 15.7. The maximum Gasteiger partial charge on any atom is 0.416 e. The van der Waals surface area contributed by atoms with E-state index in [0.717, 1.165) is 29.8 Å². The van der Waals surface area contributed by atoms with Gasteiger partial charge < -0.3 is 0 Å². The first-order valence-electron chi connectivity index (χ1n) is 6.93. The van der Waals surface area contributed by atoms with Crippen LogP contribution in [0.15, 0.2) is 53.5 Å². The minimum atomic E-state index is -4.33. The summed E-state index contributed by atoms with van der Waals surface area (Å²) in [6, 6.07) is 11.2. The molecule has 3 rings (SSSR count). The first kappa shape index (κ1) is 14.8. The van der Waals surface area contributed by atoms with Crippen LogP contribution >= 0.6 is 0 Å². The van der Waals surface area contributed by atoms with Gasteiger partial charge in [-0.15, -0.1) is 0 Å². The van der Waals surface area contributed by atoms with Crippen LogP contribution in [-0.2, 0) is 6.18 Å². The zero-order valence-electron chi connectivity index (χ0n) is 11.6. The molecule has 0 fully saturated rings. The summed E-state index contributed by atoms with van der Waals surface area (Å²) in [4.78, 5) is 4.56. The maximum absolute atomic E-state index is 12.9. The van der Waals surface area contributed by atoms with Gasteiger partial charge in [0.15, 0.2) is 0 Å². The van der Waals surface area contributed by atoms with Crippen molar-refractivity contribution in [2.75, 3.05) is 0 Å². The van der Waals surface area contributed by atoms with E-state index in [4.69, 9.17) is 0 Å². The normalized spacial score (nSPS) is 18.4. The molecule has 0 bridgehead atoms. The van der Waals surface area contributed by atoms with Crippen LogP contribution in [0.3, 0.4) is 0 Å². The molecule has 0 amide bonds. The standard InChI is InChI=1S/C17H13F4N/c18-14-7-3-12(4-8-14)16-10-9-15(22-16)11-1-5-13(6-2-11)17(19,20)21/h1-8,16H,9-10H2. The van der Waals surface area contributed by atoms with Crippen LogP contribution in [0.4, 0.5) is 17.6 Å². The Morgan fingerprint density at radius 2 is 1.55 bits per heavy atom. The molecule has 1 unspecified atom stereocenters. The van der Waals surface area contributed by atoms with Crippen LogP contribution in [0.5, 0.6) is 0 Å². The summed E-state index contributed by atoms with van der Waals surface area (Å²) in [6.07, 6.45) is -2.85. The molecule has 0 saturated heterocycles. The molecule has 2 aromatic carbocycles. The summed E-state index contributed by atoms with van der Waals surface area (Å²) in [5, 5.41) is 0. The largest absolute Gasteiger partial charge is 0.416 e. The topological polar surface area (TPSA) is 12.4 Å². The summed E-state index contributed by atoms with van der Waals surface area (Å²) in [5.74, 6) is -0.298. The fraction of sp³-hybridized carbons (Fsp3) is 0.235. The highest BCUT2D eigenvalue weighted by atomic mass is 19.4. The summed E-state index contributed by atoms with van der Waals surface area (Å²) < 4.78 is 50.6. The third-order valence-corrected chi connectivity index (χ3v) is 3.77. The van der Waals surface area contributed by atoms with Gasteiger partial charge in [0.05, 0.1) is 11.6 Å². The molecule has 114 valence electrons. The van der Waals surface area contributed by atoms with Gasteiger partial charge in [-0.25, -0.2) is 4.39 Å². The van der Waals surface area contributed by atoms with Crippen LogP contribution in [-0.4, -0.2) is 5.71 Å². The number of nitrogens with zero attached hydrogens (tertiary/aromatic N) is 1. The first-order valence-corrected chi connectivity index (χ1v) is 6.93. The molecule has 1 atom stereocenters. The third-order valence-electron chi connectivity index (χ3n) is 3.77. The quantitative estimate of drug-likeness (QED) is 0.679. The molecule has 0 aromatic heterocycles. The fourth-order valence-corrected chi connectivity index (χ4v) is 2.59. The average Bonchev–Trinajstić information content (AvgIpc) is 2.97. The number of aliphatic imine (C=N–C) groups is 1. The van der Waals surface area contributed by atoms with Gasteiger partial charge in [0, 0.05) is 5.71 Å². The summed E-state index contributed by atoms with van der Waals surface area (Å²) in [7, 11) is 0. The van der Waals surface area contributed by atoms with E-state index in [-0.39, 0.29) is 11.9 Å². The molecule has 2 aromatic rings. The molecular weight excluding hydrogens is 294 g/mol. The lowest BCUT2D eigenvalue weighted by molar-refractivity contribution is -0.137. The molecule has 22 heavy (non-hydrogen) atoms. The summed E-state index contributed by atoms with van der Waals surface area (Å²) in [5.41, 5.74) is 1.76. The minimum absolute atomic E-state index is 0.0575. The van der Waals surface area contributed by atoms with E-state index in [9.17, 15) is 17.6 Å². The molecule has 0 saturated carbocycles. The molecule has 5 heteroatoms. The van der Waals surface area contributed by atoms with Crippen LogP contribution in [0, 0.1) is 5.82 Å². The Morgan fingerprint density at radius 1 is 0.909 bits per heavy atom. The fourth-order valence-electron chi connectivity index (χ4n) is 2.59. The highest BCUT2D eigenvalue weighted by molar-refractivity contribution is 6.01. The van der Waals surface area contributed by atoms with Gasteiger partial charge in [-0.05, 0) is 48.2 Å². The second-order valence-corrected chi connectivity index (χ2v) is 5.26. The molecule has 0 N–H and O–H groups in total. The van der Waals surface area contributed by atoms with E-state index in [1.54, 1.807) is 12.1 Å². The molecule has 1 heterocycles. The van der Waals surface area contributed by atoms with E-state index in [1.165, 1.54) is 24.3 Å². The third kappa shape index (κ3) is 3.03. The smallest absolute Gasteiger partial charge is 0.281 e. The van der Waals surface area contributed by atoms with Gasteiger partial charge in [-0.3, -0.25) is 4.99 Å².